The van der Waals surface area contributed by atoms with Gasteiger partial charge in [-0.15, -0.1) is 0 Å². The van der Waals surface area contributed by atoms with Crippen LogP contribution < -0.4 is 22.1 Å². The SMILES string of the molecule is CC1=Nc2cc(/N=C(/N)NC(N)=O)ccc2NC1C. The number of guanidine groups is 1. The molecule has 1 heterocycles. The number of primary amides is 1. The number of rotatable bonds is 1. The molecule has 2 rings (SSSR count). The number of nitrogens with zero attached hydrogens (tertiary/aromatic N) is 2. The molecule has 2 amide bonds. The maximum absolute atomic E-state index is 10.6. The van der Waals surface area contributed by atoms with E-state index in [1.165, 1.54) is 0 Å². The zero-order chi connectivity index (χ0) is 14.0. The number of hydrogen-bond donors (Lipinski definition) is 4. The number of benzene rings is 1. The van der Waals surface area contributed by atoms with Gasteiger partial charge >= 0.3 is 6.03 Å². The van der Waals surface area contributed by atoms with Crippen molar-refractivity contribution in [2.24, 2.45) is 21.5 Å². The molecule has 1 aliphatic heterocycles. The smallest absolute Gasteiger partial charge is 0.318 e. The summed E-state index contributed by atoms with van der Waals surface area (Å²) >= 11 is 0. The maximum Gasteiger partial charge on any atom is 0.318 e. The molecule has 1 aliphatic rings. The largest absolute Gasteiger partial charge is 0.376 e. The first kappa shape index (κ1) is 12.9. The first-order chi connectivity index (χ1) is 8.95. The average Bonchev–Trinajstić information content (AvgIpc) is 2.30. The third kappa shape index (κ3) is 3.01. The molecule has 7 heteroatoms. The Morgan fingerprint density at radius 1 is 1.47 bits per heavy atom. The lowest BCUT2D eigenvalue weighted by atomic mass is 10.1. The lowest BCUT2D eigenvalue weighted by Crippen LogP contribution is -2.39. The van der Waals surface area contributed by atoms with E-state index in [-0.39, 0.29) is 12.0 Å². The van der Waals surface area contributed by atoms with Gasteiger partial charge in [-0.3, -0.25) is 10.3 Å². The molecule has 0 saturated heterocycles. The highest BCUT2D eigenvalue weighted by molar-refractivity contribution is 5.98. The van der Waals surface area contributed by atoms with Gasteiger partial charge in [-0.1, -0.05) is 0 Å². The molecule has 0 bridgehead atoms. The van der Waals surface area contributed by atoms with E-state index < -0.39 is 6.03 Å². The lowest BCUT2D eigenvalue weighted by Gasteiger charge is -2.22. The van der Waals surface area contributed by atoms with E-state index in [4.69, 9.17) is 11.5 Å². The fraction of sp³-hybridized carbons (Fsp3) is 0.250. The number of nitrogens with one attached hydrogen (secondary N) is 2. The molecule has 7 nitrogen and oxygen atoms in total. The van der Waals surface area contributed by atoms with Crippen LogP contribution in [0.2, 0.25) is 0 Å². The second-order valence-corrected chi connectivity index (χ2v) is 4.31. The van der Waals surface area contributed by atoms with Crippen molar-refractivity contribution in [3.05, 3.63) is 18.2 Å². The number of hydrogen-bond acceptors (Lipinski definition) is 4. The van der Waals surface area contributed by atoms with Crippen molar-refractivity contribution in [1.29, 1.82) is 0 Å². The lowest BCUT2D eigenvalue weighted by molar-refractivity contribution is 0.253. The molecule has 1 unspecified atom stereocenters. The minimum Gasteiger partial charge on any atom is -0.376 e. The van der Waals surface area contributed by atoms with E-state index >= 15 is 0 Å². The van der Waals surface area contributed by atoms with Crippen molar-refractivity contribution < 1.29 is 4.79 Å². The number of nitrogens with two attached hydrogens (primary N) is 2. The molecule has 1 atom stereocenters. The van der Waals surface area contributed by atoms with Crippen LogP contribution in [0.3, 0.4) is 0 Å². The van der Waals surface area contributed by atoms with Crippen LogP contribution in [0.4, 0.5) is 21.9 Å². The Kier molecular flexibility index (Phi) is 3.37. The van der Waals surface area contributed by atoms with Crippen molar-refractivity contribution in [2.75, 3.05) is 5.32 Å². The van der Waals surface area contributed by atoms with Gasteiger partial charge in [0.2, 0.25) is 5.96 Å². The van der Waals surface area contributed by atoms with E-state index in [2.05, 4.69) is 20.6 Å². The fourth-order valence-corrected chi connectivity index (χ4v) is 1.72. The van der Waals surface area contributed by atoms with Crippen LogP contribution in [-0.4, -0.2) is 23.7 Å². The van der Waals surface area contributed by atoms with E-state index in [0.717, 1.165) is 17.1 Å². The summed E-state index contributed by atoms with van der Waals surface area (Å²) in [6, 6.07) is 4.90. The molecule has 0 spiro atoms. The molecule has 0 saturated carbocycles. The summed E-state index contributed by atoms with van der Waals surface area (Å²) in [6.45, 7) is 4.00. The molecule has 0 aromatic heterocycles. The molecular weight excluding hydrogens is 244 g/mol. The third-order valence-corrected chi connectivity index (χ3v) is 2.78. The molecule has 19 heavy (non-hydrogen) atoms. The second kappa shape index (κ2) is 4.97. The highest BCUT2D eigenvalue weighted by Crippen LogP contribution is 2.33. The van der Waals surface area contributed by atoms with E-state index in [1.54, 1.807) is 12.1 Å². The number of amides is 2. The predicted molar refractivity (Wildman–Crippen MR) is 76.3 cm³/mol. The Balaban J connectivity index is 2.29. The van der Waals surface area contributed by atoms with Crippen LogP contribution >= 0.6 is 0 Å². The molecule has 6 N–H and O–H groups in total. The Morgan fingerprint density at radius 3 is 2.89 bits per heavy atom. The fourth-order valence-electron chi connectivity index (χ4n) is 1.72. The van der Waals surface area contributed by atoms with Gasteiger partial charge in [0, 0.05) is 5.71 Å². The molecule has 0 fully saturated rings. The van der Waals surface area contributed by atoms with E-state index in [9.17, 15) is 4.79 Å². The summed E-state index contributed by atoms with van der Waals surface area (Å²) in [5.41, 5.74) is 13.8. The van der Waals surface area contributed by atoms with Crippen LogP contribution in [0.15, 0.2) is 28.2 Å². The van der Waals surface area contributed by atoms with Crippen molar-refractivity contribution in [1.82, 2.24) is 5.32 Å². The number of carbonyl (C=O) groups is 1. The number of aliphatic imine (C=N–C) groups is 2. The first-order valence-corrected chi connectivity index (χ1v) is 5.82. The normalized spacial score (nSPS) is 18.1. The Labute approximate surface area is 110 Å². The van der Waals surface area contributed by atoms with Gasteiger partial charge in [-0.25, -0.2) is 9.79 Å². The average molecular weight is 260 g/mol. The van der Waals surface area contributed by atoms with Gasteiger partial charge in [0.25, 0.3) is 0 Å². The van der Waals surface area contributed by atoms with Gasteiger partial charge in [0.15, 0.2) is 0 Å². The molecule has 0 radical (unpaired) electrons. The zero-order valence-electron chi connectivity index (χ0n) is 10.8. The Bertz CT molecular complexity index is 578. The van der Waals surface area contributed by atoms with Crippen LogP contribution in [0, 0.1) is 0 Å². The Hall–Kier alpha value is -2.57. The predicted octanol–water partition coefficient (Wildman–Crippen LogP) is 1.21. The summed E-state index contributed by atoms with van der Waals surface area (Å²) < 4.78 is 0. The first-order valence-electron chi connectivity index (χ1n) is 5.82. The van der Waals surface area contributed by atoms with E-state index in [0.29, 0.717) is 5.69 Å². The summed E-state index contributed by atoms with van der Waals surface area (Å²) in [6.07, 6.45) is 0. The van der Waals surface area contributed by atoms with Gasteiger partial charge in [-0.05, 0) is 32.0 Å². The van der Waals surface area contributed by atoms with Gasteiger partial charge in [0.05, 0.1) is 23.1 Å². The zero-order valence-corrected chi connectivity index (χ0v) is 10.8. The molecule has 100 valence electrons. The molecule has 1 aromatic rings. The third-order valence-electron chi connectivity index (χ3n) is 2.78. The maximum atomic E-state index is 10.6. The highest BCUT2D eigenvalue weighted by atomic mass is 16.2. The van der Waals surface area contributed by atoms with Crippen molar-refractivity contribution in [3.63, 3.8) is 0 Å². The van der Waals surface area contributed by atoms with E-state index in [1.807, 2.05) is 19.9 Å². The summed E-state index contributed by atoms with van der Waals surface area (Å²) in [7, 11) is 0. The van der Waals surface area contributed by atoms with Gasteiger partial charge in [-0.2, -0.15) is 0 Å². The number of fused-ring (bicyclic) bond motifs is 1. The van der Waals surface area contributed by atoms with Crippen molar-refractivity contribution >= 4 is 34.8 Å². The minimum absolute atomic E-state index is 0.0507. The monoisotopic (exact) mass is 260 g/mol. The molecular formula is C12H16N6O. The highest BCUT2D eigenvalue weighted by Gasteiger charge is 2.15. The van der Waals surface area contributed by atoms with Crippen LogP contribution in [-0.2, 0) is 0 Å². The van der Waals surface area contributed by atoms with Crippen LogP contribution in [0.1, 0.15) is 13.8 Å². The van der Waals surface area contributed by atoms with Crippen molar-refractivity contribution in [2.45, 2.75) is 19.9 Å². The summed E-state index contributed by atoms with van der Waals surface area (Å²) in [5, 5.41) is 5.52. The van der Waals surface area contributed by atoms with Gasteiger partial charge < -0.3 is 16.8 Å². The number of urea groups is 1. The summed E-state index contributed by atoms with van der Waals surface area (Å²) in [5.74, 6) is -0.0507. The number of carbonyl (C=O) groups excluding carboxylic acids is 1. The number of anilines is 1. The van der Waals surface area contributed by atoms with Crippen molar-refractivity contribution in [3.8, 4) is 0 Å². The quantitative estimate of drug-likeness (QED) is 0.449. The molecule has 1 aromatic carbocycles. The second-order valence-electron chi connectivity index (χ2n) is 4.31. The van der Waals surface area contributed by atoms with Crippen LogP contribution in [0.5, 0.6) is 0 Å². The minimum atomic E-state index is -0.747. The van der Waals surface area contributed by atoms with Crippen LogP contribution in [0.25, 0.3) is 0 Å². The topological polar surface area (TPSA) is 118 Å². The Morgan fingerprint density at radius 2 is 2.21 bits per heavy atom. The van der Waals surface area contributed by atoms with Gasteiger partial charge in [0.1, 0.15) is 0 Å². The standard InChI is InChI=1S/C12H16N6O/c1-6-7(2)16-10-5-8(3-4-9(10)15-6)17-11(13)18-12(14)19/h3-6,15H,1-2H3,(H5,13,14,17,18,19). The summed E-state index contributed by atoms with van der Waals surface area (Å²) in [4.78, 5) is 19.2. The molecule has 0 aliphatic carbocycles.